The first-order chi connectivity index (χ1) is 13.7. The van der Waals surface area contributed by atoms with E-state index in [1.54, 1.807) is 24.4 Å². The van der Waals surface area contributed by atoms with Crippen molar-refractivity contribution >= 4 is 16.8 Å². The van der Waals surface area contributed by atoms with Gasteiger partial charge in [-0.25, -0.2) is 9.97 Å². The molecule has 6 heteroatoms. The molecule has 1 aliphatic rings. The Morgan fingerprint density at radius 2 is 1.96 bits per heavy atom. The minimum atomic E-state index is -0.0263. The summed E-state index contributed by atoms with van der Waals surface area (Å²) in [4.78, 5) is 23.3. The average molecular weight is 372 g/mol. The number of para-hydroxylation sites is 1. The van der Waals surface area contributed by atoms with Gasteiger partial charge in [0.05, 0.1) is 12.1 Å². The van der Waals surface area contributed by atoms with Crippen LogP contribution >= 0.6 is 0 Å². The summed E-state index contributed by atoms with van der Waals surface area (Å²) in [5, 5.41) is 10.1. The number of aromatic nitrogens is 2. The number of fused-ring (bicyclic) bond motifs is 1. The van der Waals surface area contributed by atoms with E-state index in [0.717, 1.165) is 23.7 Å². The van der Waals surface area contributed by atoms with Gasteiger partial charge in [0, 0.05) is 24.7 Å². The van der Waals surface area contributed by atoms with Crippen LogP contribution in [0.25, 0.3) is 10.9 Å². The fraction of sp³-hybridized carbons (Fsp3) is 0.273. The molecule has 0 aliphatic carbocycles. The van der Waals surface area contributed by atoms with Gasteiger partial charge < -0.3 is 9.64 Å². The van der Waals surface area contributed by atoms with E-state index in [9.17, 15) is 4.79 Å². The lowest BCUT2D eigenvalue weighted by molar-refractivity contribution is 0.0654. The van der Waals surface area contributed by atoms with Gasteiger partial charge in [-0.3, -0.25) is 4.79 Å². The highest BCUT2D eigenvalue weighted by atomic mass is 16.5. The number of pyridine rings is 2. The number of hydrogen-bond donors (Lipinski definition) is 0. The third kappa shape index (κ3) is 3.79. The maximum absolute atomic E-state index is 12.8. The number of amides is 1. The SMILES string of the molecule is N#Cc1cccnc1OCC1CCN(C(=O)c2ccc3ccccc3n2)CC1. The Hall–Kier alpha value is -3.46. The molecular weight excluding hydrogens is 352 g/mol. The number of carbonyl (C=O) groups is 1. The Labute approximate surface area is 163 Å². The van der Waals surface area contributed by atoms with Gasteiger partial charge in [-0.2, -0.15) is 5.26 Å². The molecule has 28 heavy (non-hydrogen) atoms. The van der Waals surface area contributed by atoms with Crippen LogP contribution in [-0.2, 0) is 0 Å². The number of hydrogen-bond acceptors (Lipinski definition) is 5. The molecule has 0 unspecified atom stereocenters. The van der Waals surface area contributed by atoms with E-state index < -0.39 is 0 Å². The van der Waals surface area contributed by atoms with Crippen molar-refractivity contribution in [1.29, 1.82) is 5.26 Å². The monoisotopic (exact) mass is 372 g/mol. The van der Waals surface area contributed by atoms with Crippen LogP contribution in [0.3, 0.4) is 0 Å². The van der Waals surface area contributed by atoms with Crippen molar-refractivity contribution in [3.63, 3.8) is 0 Å². The lowest BCUT2D eigenvalue weighted by atomic mass is 9.97. The van der Waals surface area contributed by atoms with Crippen LogP contribution in [0.2, 0.25) is 0 Å². The van der Waals surface area contributed by atoms with Crippen molar-refractivity contribution < 1.29 is 9.53 Å². The molecule has 0 radical (unpaired) electrons. The maximum atomic E-state index is 12.8. The predicted molar refractivity (Wildman–Crippen MR) is 105 cm³/mol. The second-order valence-electron chi connectivity index (χ2n) is 6.90. The molecule has 2 aromatic heterocycles. The van der Waals surface area contributed by atoms with Gasteiger partial charge in [-0.05, 0) is 43.0 Å². The zero-order valence-corrected chi connectivity index (χ0v) is 15.4. The van der Waals surface area contributed by atoms with E-state index in [1.807, 2.05) is 35.2 Å². The van der Waals surface area contributed by atoms with Crippen molar-refractivity contribution in [2.45, 2.75) is 12.8 Å². The molecule has 1 amide bonds. The van der Waals surface area contributed by atoms with Gasteiger partial charge in [0.25, 0.3) is 5.91 Å². The van der Waals surface area contributed by atoms with Crippen LogP contribution in [0, 0.1) is 17.2 Å². The number of nitriles is 1. The molecule has 140 valence electrons. The van der Waals surface area contributed by atoms with Gasteiger partial charge in [0.15, 0.2) is 0 Å². The second-order valence-corrected chi connectivity index (χ2v) is 6.90. The minimum absolute atomic E-state index is 0.0263. The first-order valence-corrected chi connectivity index (χ1v) is 9.37. The normalized spacial score (nSPS) is 14.6. The topological polar surface area (TPSA) is 79.1 Å². The van der Waals surface area contributed by atoms with E-state index in [-0.39, 0.29) is 5.91 Å². The average Bonchev–Trinajstić information content (AvgIpc) is 2.77. The standard InChI is InChI=1S/C22H20N4O2/c23-14-18-5-3-11-24-21(18)28-15-16-9-12-26(13-10-16)22(27)20-8-7-17-4-1-2-6-19(17)25-20/h1-8,11,16H,9-10,12-13,15H2. The number of benzene rings is 1. The van der Waals surface area contributed by atoms with Crippen molar-refractivity contribution in [1.82, 2.24) is 14.9 Å². The number of rotatable bonds is 4. The highest BCUT2D eigenvalue weighted by Gasteiger charge is 2.25. The number of piperidine rings is 1. The van der Waals surface area contributed by atoms with Gasteiger partial charge in [0.2, 0.25) is 5.88 Å². The Balaban J connectivity index is 1.34. The Bertz CT molecular complexity index is 1040. The third-order valence-corrected chi connectivity index (χ3v) is 5.07. The lowest BCUT2D eigenvalue weighted by Gasteiger charge is -2.31. The molecule has 4 rings (SSSR count). The highest BCUT2D eigenvalue weighted by Crippen LogP contribution is 2.22. The van der Waals surface area contributed by atoms with Crippen LogP contribution in [0.5, 0.6) is 5.88 Å². The van der Waals surface area contributed by atoms with Crippen LogP contribution in [-0.4, -0.2) is 40.5 Å². The summed E-state index contributed by atoms with van der Waals surface area (Å²) in [6.07, 6.45) is 3.33. The molecule has 1 saturated heterocycles. The molecule has 0 N–H and O–H groups in total. The highest BCUT2D eigenvalue weighted by molar-refractivity contribution is 5.94. The van der Waals surface area contributed by atoms with Crippen molar-refractivity contribution in [2.24, 2.45) is 5.92 Å². The Morgan fingerprint density at radius 3 is 2.79 bits per heavy atom. The molecule has 1 fully saturated rings. The molecule has 0 spiro atoms. The zero-order valence-electron chi connectivity index (χ0n) is 15.4. The molecule has 1 aromatic carbocycles. The quantitative estimate of drug-likeness (QED) is 0.701. The predicted octanol–water partition coefficient (Wildman–Crippen LogP) is 3.43. The molecule has 0 atom stereocenters. The Kier molecular flexibility index (Phi) is 5.16. The van der Waals surface area contributed by atoms with Gasteiger partial charge in [-0.15, -0.1) is 0 Å². The van der Waals surface area contributed by atoms with E-state index in [2.05, 4.69) is 16.0 Å². The fourth-order valence-electron chi connectivity index (χ4n) is 3.44. The summed E-state index contributed by atoms with van der Waals surface area (Å²) < 4.78 is 5.75. The molecule has 6 nitrogen and oxygen atoms in total. The summed E-state index contributed by atoms with van der Waals surface area (Å²) in [7, 11) is 0. The number of nitrogens with zero attached hydrogens (tertiary/aromatic N) is 4. The molecule has 0 bridgehead atoms. The third-order valence-electron chi connectivity index (χ3n) is 5.07. The number of ether oxygens (including phenoxy) is 1. The summed E-state index contributed by atoms with van der Waals surface area (Å²) >= 11 is 0. The van der Waals surface area contributed by atoms with Crippen LogP contribution in [0.1, 0.15) is 28.9 Å². The van der Waals surface area contributed by atoms with Crippen LogP contribution in [0.4, 0.5) is 0 Å². The smallest absolute Gasteiger partial charge is 0.272 e. The van der Waals surface area contributed by atoms with Crippen LogP contribution in [0.15, 0.2) is 54.7 Å². The molecule has 1 aliphatic heterocycles. The van der Waals surface area contributed by atoms with E-state index in [1.165, 1.54) is 0 Å². The summed E-state index contributed by atoms with van der Waals surface area (Å²) in [5.41, 5.74) is 1.76. The largest absolute Gasteiger partial charge is 0.476 e. The van der Waals surface area contributed by atoms with Crippen molar-refractivity contribution in [3.8, 4) is 11.9 Å². The first-order valence-electron chi connectivity index (χ1n) is 9.37. The molecule has 0 saturated carbocycles. The van der Waals surface area contributed by atoms with Crippen molar-refractivity contribution in [2.75, 3.05) is 19.7 Å². The molecule has 3 heterocycles. The second kappa shape index (κ2) is 8.05. The van der Waals surface area contributed by atoms with E-state index in [4.69, 9.17) is 10.00 Å². The maximum Gasteiger partial charge on any atom is 0.272 e. The number of carbonyl (C=O) groups excluding carboxylic acids is 1. The van der Waals surface area contributed by atoms with E-state index >= 15 is 0 Å². The number of likely N-dealkylation sites (tertiary alicyclic amines) is 1. The minimum Gasteiger partial charge on any atom is -0.476 e. The van der Waals surface area contributed by atoms with Gasteiger partial charge >= 0.3 is 0 Å². The summed E-state index contributed by atoms with van der Waals surface area (Å²) in [6.45, 7) is 1.85. The lowest BCUT2D eigenvalue weighted by Crippen LogP contribution is -2.40. The molecular formula is C22H20N4O2. The zero-order chi connectivity index (χ0) is 19.3. The van der Waals surface area contributed by atoms with Crippen LogP contribution < -0.4 is 4.74 Å². The van der Waals surface area contributed by atoms with Crippen molar-refractivity contribution in [3.05, 3.63) is 66.0 Å². The first kappa shape index (κ1) is 17.9. The van der Waals surface area contributed by atoms with Gasteiger partial charge in [0.1, 0.15) is 17.3 Å². The summed E-state index contributed by atoms with van der Waals surface area (Å²) in [6, 6.07) is 17.0. The Morgan fingerprint density at radius 1 is 1.14 bits per heavy atom. The van der Waals surface area contributed by atoms with E-state index in [0.29, 0.717) is 42.8 Å². The van der Waals surface area contributed by atoms with Gasteiger partial charge in [-0.1, -0.05) is 24.3 Å². The molecule has 3 aromatic rings. The fourth-order valence-corrected chi connectivity index (χ4v) is 3.44. The summed E-state index contributed by atoms with van der Waals surface area (Å²) in [5.74, 6) is 0.688.